The van der Waals surface area contributed by atoms with Crippen molar-refractivity contribution in [3.63, 3.8) is 0 Å². The van der Waals surface area contributed by atoms with Crippen molar-refractivity contribution in [1.29, 1.82) is 0 Å². The van der Waals surface area contributed by atoms with E-state index in [0.717, 1.165) is 6.42 Å². The van der Waals surface area contributed by atoms with E-state index >= 15 is 0 Å². The van der Waals surface area contributed by atoms with Crippen LogP contribution in [0.4, 0.5) is 0 Å². The Bertz CT molecular complexity index is 637. The third-order valence-corrected chi connectivity index (χ3v) is 3.35. The van der Waals surface area contributed by atoms with Crippen molar-refractivity contribution in [3.05, 3.63) is 58.1 Å². The summed E-state index contributed by atoms with van der Waals surface area (Å²) in [4.78, 5) is 19.9. The molecule has 1 unspecified atom stereocenters. The van der Waals surface area contributed by atoms with Crippen LogP contribution in [0.1, 0.15) is 34.1 Å². The van der Waals surface area contributed by atoms with E-state index in [-0.39, 0.29) is 22.8 Å². The molecule has 1 atom stereocenters. The number of hydrogen-bond donors (Lipinski definition) is 1. The zero-order valence-electron chi connectivity index (χ0n) is 12.4. The van der Waals surface area contributed by atoms with Crippen LogP contribution in [0.25, 0.3) is 0 Å². The van der Waals surface area contributed by atoms with Crippen LogP contribution in [0.2, 0.25) is 5.15 Å². The molecule has 5 heteroatoms. The Hall–Kier alpha value is -1.94. The number of halogens is 1. The van der Waals surface area contributed by atoms with Gasteiger partial charge in [0.2, 0.25) is 0 Å². The fourth-order valence-corrected chi connectivity index (χ4v) is 2.55. The van der Waals surface area contributed by atoms with Crippen molar-refractivity contribution in [3.8, 4) is 0 Å². The summed E-state index contributed by atoms with van der Waals surface area (Å²) < 4.78 is 0. The number of carbonyl (C=O) groups excluding carboxylic acids is 1. The molecule has 2 aromatic rings. The highest BCUT2D eigenvalue weighted by atomic mass is 35.5. The lowest BCUT2D eigenvalue weighted by Crippen LogP contribution is -2.34. The Kier molecular flexibility index (Phi) is 4.91. The summed E-state index contributed by atoms with van der Waals surface area (Å²) in [5.41, 5.74) is 3.80. The highest BCUT2D eigenvalue weighted by Crippen LogP contribution is 2.12. The zero-order chi connectivity index (χ0) is 15.4. The van der Waals surface area contributed by atoms with E-state index in [4.69, 9.17) is 11.6 Å². The number of benzene rings is 1. The molecule has 110 valence electrons. The Morgan fingerprint density at radius 3 is 2.43 bits per heavy atom. The fourth-order valence-electron chi connectivity index (χ4n) is 2.36. The van der Waals surface area contributed by atoms with E-state index in [1.54, 1.807) is 0 Å². The first-order chi connectivity index (χ1) is 9.95. The van der Waals surface area contributed by atoms with Gasteiger partial charge in [0.05, 0.1) is 0 Å². The van der Waals surface area contributed by atoms with Crippen LogP contribution < -0.4 is 5.32 Å². The van der Waals surface area contributed by atoms with Gasteiger partial charge in [0.15, 0.2) is 10.8 Å². The fraction of sp³-hybridized carbons (Fsp3) is 0.312. The quantitative estimate of drug-likeness (QED) is 0.944. The highest BCUT2D eigenvalue weighted by Gasteiger charge is 2.15. The molecule has 1 aromatic heterocycles. The maximum Gasteiger partial charge on any atom is 0.273 e. The van der Waals surface area contributed by atoms with E-state index in [2.05, 4.69) is 47.3 Å². The summed E-state index contributed by atoms with van der Waals surface area (Å²) in [6, 6.07) is 6.37. The molecule has 0 aliphatic carbocycles. The van der Waals surface area contributed by atoms with Gasteiger partial charge in [0.1, 0.15) is 0 Å². The summed E-state index contributed by atoms with van der Waals surface area (Å²) in [6.45, 7) is 6.10. The smallest absolute Gasteiger partial charge is 0.273 e. The summed E-state index contributed by atoms with van der Waals surface area (Å²) in [6.07, 6.45) is 3.67. The molecule has 1 aromatic carbocycles. The topological polar surface area (TPSA) is 54.9 Å². The van der Waals surface area contributed by atoms with Crippen molar-refractivity contribution in [2.24, 2.45) is 0 Å². The highest BCUT2D eigenvalue weighted by molar-refractivity contribution is 6.32. The van der Waals surface area contributed by atoms with Crippen LogP contribution in [0.5, 0.6) is 0 Å². The second kappa shape index (κ2) is 6.68. The molecular formula is C16H18ClN3O. The van der Waals surface area contributed by atoms with Gasteiger partial charge in [0.25, 0.3) is 5.91 Å². The normalized spacial score (nSPS) is 12.0. The number of hydrogen-bond acceptors (Lipinski definition) is 3. The standard InChI is InChI=1S/C16H18ClN3O/c1-10-6-11(2)8-13(7-10)9-12(3)20-16(21)14-15(17)19-5-4-18-14/h4-8,12H,9H2,1-3H3,(H,20,21). The molecule has 0 saturated heterocycles. The van der Waals surface area contributed by atoms with Gasteiger partial charge in [0, 0.05) is 18.4 Å². The Morgan fingerprint density at radius 2 is 1.81 bits per heavy atom. The van der Waals surface area contributed by atoms with E-state index in [1.165, 1.54) is 29.1 Å². The van der Waals surface area contributed by atoms with Gasteiger partial charge in [-0.25, -0.2) is 9.97 Å². The summed E-state index contributed by atoms with van der Waals surface area (Å²) in [5, 5.41) is 3.02. The molecule has 1 heterocycles. The number of nitrogens with one attached hydrogen (secondary N) is 1. The van der Waals surface area contributed by atoms with Crippen LogP contribution in [0.15, 0.2) is 30.6 Å². The number of aryl methyl sites for hydroxylation is 2. The first-order valence-electron chi connectivity index (χ1n) is 6.80. The molecule has 0 fully saturated rings. The van der Waals surface area contributed by atoms with Crippen LogP contribution in [-0.2, 0) is 6.42 Å². The number of amides is 1. The van der Waals surface area contributed by atoms with Crippen molar-refractivity contribution in [2.75, 3.05) is 0 Å². The van der Waals surface area contributed by atoms with Crippen LogP contribution in [0.3, 0.4) is 0 Å². The van der Waals surface area contributed by atoms with Gasteiger partial charge in [-0.05, 0) is 32.8 Å². The molecule has 0 aliphatic rings. The van der Waals surface area contributed by atoms with E-state index in [9.17, 15) is 4.79 Å². The molecule has 0 bridgehead atoms. The SMILES string of the molecule is Cc1cc(C)cc(CC(C)NC(=O)c2nccnc2Cl)c1. The van der Waals surface area contributed by atoms with Crippen LogP contribution >= 0.6 is 11.6 Å². The monoisotopic (exact) mass is 303 g/mol. The van der Waals surface area contributed by atoms with E-state index in [0.29, 0.717) is 0 Å². The van der Waals surface area contributed by atoms with Crippen molar-refractivity contribution in [2.45, 2.75) is 33.2 Å². The summed E-state index contributed by atoms with van der Waals surface area (Å²) >= 11 is 5.87. The number of aromatic nitrogens is 2. The second-order valence-electron chi connectivity index (χ2n) is 5.27. The molecular weight excluding hydrogens is 286 g/mol. The lowest BCUT2D eigenvalue weighted by Gasteiger charge is -2.14. The Labute approximate surface area is 129 Å². The maximum absolute atomic E-state index is 12.1. The molecule has 0 saturated carbocycles. The summed E-state index contributed by atoms with van der Waals surface area (Å²) in [5.74, 6) is -0.301. The minimum Gasteiger partial charge on any atom is -0.348 e. The third-order valence-electron chi connectivity index (χ3n) is 3.07. The van der Waals surface area contributed by atoms with E-state index < -0.39 is 0 Å². The Morgan fingerprint density at radius 1 is 1.19 bits per heavy atom. The molecule has 0 spiro atoms. The third kappa shape index (κ3) is 4.26. The maximum atomic E-state index is 12.1. The molecule has 4 nitrogen and oxygen atoms in total. The van der Waals surface area contributed by atoms with Gasteiger partial charge < -0.3 is 5.32 Å². The van der Waals surface area contributed by atoms with Gasteiger partial charge in [-0.2, -0.15) is 0 Å². The lowest BCUT2D eigenvalue weighted by molar-refractivity contribution is 0.0935. The number of rotatable bonds is 4. The molecule has 21 heavy (non-hydrogen) atoms. The average Bonchev–Trinajstić information content (AvgIpc) is 2.37. The average molecular weight is 304 g/mol. The number of carbonyl (C=O) groups is 1. The minimum atomic E-state index is -0.301. The zero-order valence-corrected chi connectivity index (χ0v) is 13.1. The second-order valence-corrected chi connectivity index (χ2v) is 5.63. The lowest BCUT2D eigenvalue weighted by atomic mass is 10.0. The van der Waals surface area contributed by atoms with Gasteiger partial charge in [-0.15, -0.1) is 0 Å². The first-order valence-corrected chi connectivity index (χ1v) is 7.18. The van der Waals surface area contributed by atoms with Gasteiger partial charge in [-0.1, -0.05) is 40.9 Å². The molecule has 1 amide bonds. The summed E-state index contributed by atoms with van der Waals surface area (Å²) in [7, 11) is 0. The predicted octanol–water partition coefficient (Wildman–Crippen LogP) is 3.11. The Balaban J connectivity index is 2.03. The molecule has 0 radical (unpaired) electrons. The van der Waals surface area contributed by atoms with Crippen molar-refractivity contribution in [1.82, 2.24) is 15.3 Å². The van der Waals surface area contributed by atoms with E-state index in [1.807, 2.05) is 6.92 Å². The molecule has 0 aliphatic heterocycles. The van der Waals surface area contributed by atoms with Crippen molar-refractivity contribution >= 4 is 17.5 Å². The predicted molar refractivity (Wildman–Crippen MR) is 83.6 cm³/mol. The van der Waals surface area contributed by atoms with Crippen LogP contribution in [0, 0.1) is 13.8 Å². The van der Waals surface area contributed by atoms with Crippen LogP contribution in [-0.4, -0.2) is 21.9 Å². The minimum absolute atomic E-state index is 0.0169. The molecule has 1 N–H and O–H groups in total. The first kappa shape index (κ1) is 15.4. The molecule has 2 rings (SSSR count). The van der Waals surface area contributed by atoms with Crippen molar-refractivity contribution < 1.29 is 4.79 Å². The number of nitrogens with zero attached hydrogens (tertiary/aromatic N) is 2. The van der Waals surface area contributed by atoms with Gasteiger partial charge in [-0.3, -0.25) is 4.79 Å². The largest absolute Gasteiger partial charge is 0.348 e. The van der Waals surface area contributed by atoms with Gasteiger partial charge >= 0.3 is 0 Å².